The summed E-state index contributed by atoms with van der Waals surface area (Å²) in [5.74, 6) is 0.0967. The Labute approximate surface area is 101 Å². The highest BCUT2D eigenvalue weighted by molar-refractivity contribution is 5.78. The molecule has 0 bridgehead atoms. The van der Waals surface area contributed by atoms with Crippen LogP contribution < -0.4 is 0 Å². The van der Waals surface area contributed by atoms with Gasteiger partial charge in [-0.25, -0.2) is 0 Å². The summed E-state index contributed by atoms with van der Waals surface area (Å²) in [6.07, 6.45) is -1.43. The molecule has 2 atom stereocenters. The molecule has 0 radical (unpaired) electrons. The van der Waals surface area contributed by atoms with Crippen LogP contribution in [0, 0.1) is 0 Å². The van der Waals surface area contributed by atoms with E-state index in [0.29, 0.717) is 19.6 Å². The number of likely N-dealkylation sites (N-methyl/N-ethyl adjacent to an activating group) is 1. The molecule has 0 aromatic carbocycles. The van der Waals surface area contributed by atoms with E-state index in [1.165, 1.54) is 0 Å². The zero-order valence-electron chi connectivity index (χ0n) is 10.2. The van der Waals surface area contributed by atoms with Gasteiger partial charge in [0, 0.05) is 39.3 Å². The van der Waals surface area contributed by atoms with Gasteiger partial charge in [-0.15, -0.1) is 0 Å². The van der Waals surface area contributed by atoms with Crippen molar-refractivity contribution in [3.05, 3.63) is 0 Å². The smallest absolute Gasteiger partial charge is 0.236 e. The van der Waals surface area contributed by atoms with Crippen LogP contribution >= 0.6 is 0 Å². The highest BCUT2D eigenvalue weighted by Gasteiger charge is 2.31. The molecule has 2 heterocycles. The molecule has 98 valence electrons. The molecule has 2 aliphatic rings. The number of aliphatic hydroxyl groups excluding tert-OH is 2. The Kier molecular flexibility index (Phi) is 3.98. The summed E-state index contributed by atoms with van der Waals surface area (Å²) in [6.45, 7) is 4.45. The minimum Gasteiger partial charge on any atom is -0.389 e. The number of amides is 1. The maximum Gasteiger partial charge on any atom is 0.236 e. The van der Waals surface area contributed by atoms with Gasteiger partial charge < -0.3 is 20.0 Å². The maximum atomic E-state index is 12.0. The van der Waals surface area contributed by atoms with Gasteiger partial charge in [-0.2, -0.15) is 0 Å². The van der Waals surface area contributed by atoms with Crippen molar-refractivity contribution in [2.24, 2.45) is 0 Å². The molecule has 0 aliphatic carbocycles. The van der Waals surface area contributed by atoms with Crippen molar-refractivity contribution in [2.75, 3.05) is 52.9 Å². The lowest BCUT2D eigenvalue weighted by atomic mass is 10.3. The standard InChI is InChI=1S/C11H21N3O3/c1-12-2-4-14(5-3-12)11(17)8-13-6-9(15)10(16)7-13/h9-10,15-16H,2-8H2,1H3/t9-,10+. The highest BCUT2D eigenvalue weighted by Crippen LogP contribution is 2.10. The van der Waals surface area contributed by atoms with Crippen LogP contribution in [-0.4, -0.2) is 95.9 Å². The summed E-state index contributed by atoms with van der Waals surface area (Å²) in [7, 11) is 2.05. The van der Waals surface area contributed by atoms with Crippen molar-refractivity contribution in [3.8, 4) is 0 Å². The van der Waals surface area contributed by atoms with Gasteiger partial charge in [0.2, 0.25) is 5.91 Å². The molecule has 0 aromatic heterocycles. The molecular weight excluding hydrogens is 222 g/mol. The number of β-amino-alcohol motifs (C(OH)–C–C–N with tert-alkyl or cyclic N) is 2. The second kappa shape index (κ2) is 5.30. The number of nitrogens with zero attached hydrogens (tertiary/aromatic N) is 3. The van der Waals surface area contributed by atoms with Gasteiger partial charge in [-0.1, -0.05) is 0 Å². The molecule has 1 amide bonds. The summed E-state index contributed by atoms with van der Waals surface area (Å²) in [6, 6.07) is 0. The molecule has 2 rings (SSSR count). The lowest BCUT2D eigenvalue weighted by molar-refractivity contribution is -0.133. The molecule has 2 aliphatic heterocycles. The fraction of sp³-hybridized carbons (Fsp3) is 0.909. The molecule has 2 fully saturated rings. The Balaban J connectivity index is 1.78. The number of carbonyl (C=O) groups excluding carboxylic acids is 1. The van der Waals surface area contributed by atoms with Crippen LogP contribution in [0.1, 0.15) is 0 Å². The molecule has 0 saturated carbocycles. The van der Waals surface area contributed by atoms with Crippen molar-refractivity contribution in [3.63, 3.8) is 0 Å². The number of hydrogen-bond donors (Lipinski definition) is 2. The van der Waals surface area contributed by atoms with Crippen molar-refractivity contribution >= 4 is 5.91 Å². The highest BCUT2D eigenvalue weighted by atomic mass is 16.3. The van der Waals surface area contributed by atoms with E-state index in [-0.39, 0.29) is 5.91 Å². The van der Waals surface area contributed by atoms with Gasteiger partial charge in [0.25, 0.3) is 0 Å². The number of likely N-dealkylation sites (tertiary alicyclic amines) is 1. The van der Waals surface area contributed by atoms with Gasteiger partial charge in [-0.3, -0.25) is 9.69 Å². The van der Waals surface area contributed by atoms with E-state index >= 15 is 0 Å². The SMILES string of the molecule is CN1CCN(C(=O)CN2C[C@@H](O)[C@@H](O)C2)CC1. The number of carbonyl (C=O) groups is 1. The summed E-state index contributed by atoms with van der Waals surface area (Å²) in [4.78, 5) is 17.9. The molecule has 0 aromatic rings. The fourth-order valence-corrected chi connectivity index (χ4v) is 2.32. The van der Waals surface area contributed by atoms with Crippen LogP contribution in [0.4, 0.5) is 0 Å². The lowest BCUT2D eigenvalue weighted by Gasteiger charge is -2.33. The molecule has 17 heavy (non-hydrogen) atoms. The Morgan fingerprint density at radius 2 is 1.65 bits per heavy atom. The summed E-state index contributed by atoms with van der Waals surface area (Å²) in [5.41, 5.74) is 0. The zero-order chi connectivity index (χ0) is 12.4. The molecule has 2 saturated heterocycles. The minimum atomic E-state index is -0.713. The van der Waals surface area contributed by atoms with Crippen LogP contribution in [0.3, 0.4) is 0 Å². The maximum absolute atomic E-state index is 12.0. The molecule has 0 spiro atoms. The average molecular weight is 243 g/mol. The summed E-state index contributed by atoms with van der Waals surface area (Å²) >= 11 is 0. The van der Waals surface area contributed by atoms with Crippen LogP contribution in [0.2, 0.25) is 0 Å². The van der Waals surface area contributed by atoms with Crippen LogP contribution in [0.25, 0.3) is 0 Å². The van der Waals surface area contributed by atoms with E-state index in [1.54, 1.807) is 0 Å². The van der Waals surface area contributed by atoms with E-state index in [4.69, 9.17) is 0 Å². The average Bonchev–Trinajstić information content (AvgIpc) is 2.58. The Bertz CT molecular complexity index is 269. The normalized spacial score (nSPS) is 32.1. The fourth-order valence-electron chi connectivity index (χ4n) is 2.32. The largest absolute Gasteiger partial charge is 0.389 e. The Hall–Kier alpha value is -0.690. The van der Waals surface area contributed by atoms with Gasteiger partial charge in [0.1, 0.15) is 0 Å². The van der Waals surface area contributed by atoms with Crippen LogP contribution in [-0.2, 0) is 4.79 Å². The van der Waals surface area contributed by atoms with E-state index in [1.807, 2.05) is 9.80 Å². The first kappa shape index (κ1) is 12.8. The van der Waals surface area contributed by atoms with Crippen molar-refractivity contribution in [1.82, 2.24) is 14.7 Å². The third kappa shape index (κ3) is 3.16. The van der Waals surface area contributed by atoms with E-state index in [0.717, 1.165) is 26.2 Å². The number of hydrogen-bond acceptors (Lipinski definition) is 5. The number of piperazine rings is 1. The van der Waals surface area contributed by atoms with E-state index in [2.05, 4.69) is 11.9 Å². The Morgan fingerprint density at radius 1 is 1.12 bits per heavy atom. The van der Waals surface area contributed by atoms with Crippen LogP contribution in [0.15, 0.2) is 0 Å². The molecule has 2 N–H and O–H groups in total. The molecule has 6 nitrogen and oxygen atoms in total. The second-order valence-electron chi connectivity index (χ2n) is 5.01. The topological polar surface area (TPSA) is 67.2 Å². The van der Waals surface area contributed by atoms with Crippen molar-refractivity contribution < 1.29 is 15.0 Å². The predicted molar refractivity (Wildman–Crippen MR) is 62.5 cm³/mol. The van der Waals surface area contributed by atoms with Gasteiger partial charge in [0.05, 0.1) is 18.8 Å². The summed E-state index contributed by atoms with van der Waals surface area (Å²) in [5, 5.41) is 18.8. The zero-order valence-corrected chi connectivity index (χ0v) is 10.2. The van der Waals surface area contributed by atoms with Crippen molar-refractivity contribution in [1.29, 1.82) is 0 Å². The van der Waals surface area contributed by atoms with Crippen molar-refractivity contribution in [2.45, 2.75) is 12.2 Å². The third-order valence-corrected chi connectivity index (χ3v) is 3.55. The van der Waals surface area contributed by atoms with E-state index < -0.39 is 12.2 Å². The predicted octanol–water partition coefficient (Wildman–Crippen LogP) is -2.20. The van der Waals surface area contributed by atoms with Gasteiger partial charge in [0.15, 0.2) is 0 Å². The van der Waals surface area contributed by atoms with E-state index in [9.17, 15) is 15.0 Å². The summed E-state index contributed by atoms with van der Waals surface area (Å²) < 4.78 is 0. The quantitative estimate of drug-likeness (QED) is 0.576. The molecule has 0 unspecified atom stereocenters. The third-order valence-electron chi connectivity index (χ3n) is 3.55. The molecular formula is C11H21N3O3. The minimum absolute atomic E-state index is 0.0967. The first-order valence-electron chi connectivity index (χ1n) is 6.11. The van der Waals surface area contributed by atoms with Gasteiger partial charge >= 0.3 is 0 Å². The van der Waals surface area contributed by atoms with Crippen LogP contribution in [0.5, 0.6) is 0 Å². The lowest BCUT2D eigenvalue weighted by Crippen LogP contribution is -2.50. The first-order valence-corrected chi connectivity index (χ1v) is 6.11. The number of aliphatic hydroxyl groups is 2. The number of rotatable bonds is 2. The monoisotopic (exact) mass is 243 g/mol. The first-order chi connectivity index (χ1) is 8.06. The molecule has 6 heteroatoms. The van der Waals surface area contributed by atoms with Gasteiger partial charge in [-0.05, 0) is 7.05 Å². The Morgan fingerprint density at radius 3 is 2.18 bits per heavy atom. The second-order valence-corrected chi connectivity index (χ2v) is 5.01.